The highest BCUT2D eigenvalue weighted by Crippen LogP contribution is 2.28. The summed E-state index contributed by atoms with van der Waals surface area (Å²) in [6.45, 7) is 6.43. The number of rotatable bonds is 6. The molecule has 1 heterocycles. The minimum absolute atomic E-state index is 0.443. The van der Waals surface area contributed by atoms with Crippen molar-refractivity contribution < 1.29 is 0 Å². The van der Waals surface area contributed by atoms with Crippen molar-refractivity contribution in [2.45, 2.75) is 46.0 Å². The van der Waals surface area contributed by atoms with Gasteiger partial charge < -0.3 is 0 Å². The third-order valence-corrected chi connectivity index (χ3v) is 4.42. The molecule has 0 N–H and O–H groups in total. The van der Waals surface area contributed by atoms with Crippen molar-refractivity contribution in [2.75, 3.05) is 0 Å². The molecule has 0 aliphatic heterocycles. The lowest BCUT2D eigenvalue weighted by Crippen LogP contribution is -2.02. The van der Waals surface area contributed by atoms with Gasteiger partial charge in [0.15, 0.2) is 0 Å². The maximum Gasteiger partial charge on any atom is 0.0849 e. The van der Waals surface area contributed by atoms with E-state index < -0.39 is 0 Å². The van der Waals surface area contributed by atoms with Crippen LogP contribution >= 0.6 is 15.9 Å². The summed E-state index contributed by atoms with van der Waals surface area (Å²) in [7, 11) is 0. The molecule has 0 saturated heterocycles. The Labute approximate surface area is 141 Å². The van der Waals surface area contributed by atoms with Crippen molar-refractivity contribution in [2.24, 2.45) is 4.99 Å². The number of unbranched alkanes of at least 4 members (excludes halogenated alkanes) is 1. The van der Waals surface area contributed by atoms with Gasteiger partial charge in [0.2, 0.25) is 0 Å². The molecule has 2 aromatic rings. The Morgan fingerprint density at radius 1 is 1.27 bits per heavy atom. The number of aromatic nitrogens is 1. The number of halogens is 1. The molecule has 1 aromatic heterocycles. The lowest BCUT2D eigenvalue weighted by atomic mass is 9.96. The molecule has 0 saturated carbocycles. The third kappa shape index (κ3) is 4.51. The van der Waals surface area contributed by atoms with Crippen LogP contribution in [0, 0.1) is 6.92 Å². The molecule has 22 heavy (non-hydrogen) atoms. The molecule has 2 nitrogen and oxygen atoms in total. The summed E-state index contributed by atoms with van der Waals surface area (Å²) in [4.78, 5) is 9.27. The van der Waals surface area contributed by atoms with Gasteiger partial charge in [0, 0.05) is 10.7 Å². The molecule has 0 fully saturated rings. The van der Waals surface area contributed by atoms with E-state index in [4.69, 9.17) is 4.98 Å². The van der Waals surface area contributed by atoms with Crippen LogP contribution in [-0.2, 0) is 6.42 Å². The molecule has 1 unspecified atom stereocenters. The molecule has 116 valence electrons. The highest BCUT2D eigenvalue weighted by molar-refractivity contribution is 9.10. The lowest BCUT2D eigenvalue weighted by Gasteiger charge is -2.14. The van der Waals surface area contributed by atoms with Crippen LogP contribution in [0.5, 0.6) is 0 Å². The van der Waals surface area contributed by atoms with Crippen LogP contribution in [0.3, 0.4) is 0 Å². The maximum atomic E-state index is 4.76. The summed E-state index contributed by atoms with van der Waals surface area (Å²) < 4.78 is 1.05. The van der Waals surface area contributed by atoms with Crippen molar-refractivity contribution in [3.63, 3.8) is 0 Å². The minimum Gasteiger partial charge on any atom is -0.259 e. The predicted octanol–water partition coefficient (Wildman–Crippen LogP) is 6.00. The fourth-order valence-electron chi connectivity index (χ4n) is 2.38. The van der Waals surface area contributed by atoms with Gasteiger partial charge in [-0.2, -0.15) is 0 Å². The molecule has 0 aliphatic carbocycles. The number of benzene rings is 1. The monoisotopic (exact) mass is 358 g/mol. The standard InChI is InChI=1S/C19H23BrN2/c1-4-5-11-21-18-13-17(20)19(22-15(18)3)12-14(2)16-9-7-6-8-10-16/h6-11,13-14H,4-5,12H2,1-3H3/b21-11+. The number of nitrogens with zero attached hydrogens (tertiary/aromatic N) is 2. The smallest absolute Gasteiger partial charge is 0.0849 e. The number of aryl methyl sites for hydroxylation is 1. The second-order valence-electron chi connectivity index (χ2n) is 5.64. The van der Waals surface area contributed by atoms with Crippen LogP contribution in [0.1, 0.15) is 49.6 Å². The molecule has 3 heteroatoms. The first-order valence-electron chi connectivity index (χ1n) is 7.85. The van der Waals surface area contributed by atoms with Gasteiger partial charge in [-0.05, 0) is 53.2 Å². The summed E-state index contributed by atoms with van der Waals surface area (Å²) in [5, 5.41) is 0. The average molecular weight is 359 g/mol. The summed E-state index contributed by atoms with van der Waals surface area (Å²) in [6, 6.07) is 12.7. The molecule has 2 rings (SSSR count). The van der Waals surface area contributed by atoms with E-state index in [2.05, 4.69) is 71.2 Å². The van der Waals surface area contributed by atoms with Crippen molar-refractivity contribution >= 4 is 27.8 Å². The fraction of sp³-hybridized carbons (Fsp3) is 0.368. The van der Waals surface area contributed by atoms with Crippen LogP contribution in [0.25, 0.3) is 0 Å². The van der Waals surface area contributed by atoms with Gasteiger partial charge in [0.25, 0.3) is 0 Å². The SMILES string of the molecule is CCC/C=N/c1cc(Br)c(CC(C)c2ccccc2)nc1C. The van der Waals surface area contributed by atoms with E-state index in [1.807, 2.05) is 13.1 Å². The minimum atomic E-state index is 0.443. The van der Waals surface area contributed by atoms with Gasteiger partial charge in [-0.1, -0.05) is 50.6 Å². The van der Waals surface area contributed by atoms with Crippen molar-refractivity contribution in [1.29, 1.82) is 0 Å². The van der Waals surface area contributed by atoms with Crippen LogP contribution < -0.4 is 0 Å². The number of aliphatic imine (C=N–C) groups is 1. The molecule has 0 bridgehead atoms. The van der Waals surface area contributed by atoms with E-state index in [0.29, 0.717) is 5.92 Å². The molecule has 0 aliphatic rings. The van der Waals surface area contributed by atoms with Gasteiger partial charge >= 0.3 is 0 Å². The Morgan fingerprint density at radius 3 is 2.68 bits per heavy atom. The molecule has 0 spiro atoms. The van der Waals surface area contributed by atoms with E-state index in [0.717, 1.165) is 40.8 Å². The van der Waals surface area contributed by atoms with Crippen LogP contribution in [0.15, 0.2) is 45.9 Å². The second kappa shape index (κ2) is 8.23. The van der Waals surface area contributed by atoms with Gasteiger partial charge in [0.1, 0.15) is 0 Å². The second-order valence-corrected chi connectivity index (χ2v) is 6.49. The van der Waals surface area contributed by atoms with Crippen molar-refractivity contribution in [3.05, 3.63) is 57.8 Å². The zero-order valence-electron chi connectivity index (χ0n) is 13.5. The summed E-state index contributed by atoms with van der Waals surface area (Å²) in [6.07, 6.45) is 5.01. The van der Waals surface area contributed by atoms with Crippen LogP contribution in [0.4, 0.5) is 5.69 Å². The van der Waals surface area contributed by atoms with E-state index in [1.54, 1.807) is 0 Å². The van der Waals surface area contributed by atoms with E-state index >= 15 is 0 Å². The molecule has 0 radical (unpaired) electrons. The zero-order chi connectivity index (χ0) is 15.9. The van der Waals surface area contributed by atoms with Crippen LogP contribution in [0.2, 0.25) is 0 Å². The Hall–Kier alpha value is -1.48. The van der Waals surface area contributed by atoms with Crippen LogP contribution in [-0.4, -0.2) is 11.2 Å². The van der Waals surface area contributed by atoms with Gasteiger partial charge in [-0.25, -0.2) is 0 Å². The van der Waals surface area contributed by atoms with Crippen molar-refractivity contribution in [1.82, 2.24) is 4.98 Å². The molecule has 1 atom stereocenters. The summed E-state index contributed by atoms with van der Waals surface area (Å²) in [5.41, 5.74) is 4.39. The largest absolute Gasteiger partial charge is 0.259 e. The van der Waals surface area contributed by atoms with Gasteiger partial charge in [-0.15, -0.1) is 0 Å². The average Bonchev–Trinajstić information content (AvgIpc) is 2.53. The molecule has 0 amide bonds. The highest BCUT2D eigenvalue weighted by atomic mass is 79.9. The number of hydrogen-bond acceptors (Lipinski definition) is 2. The lowest BCUT2D eigenvalue weighted by molar-refractivity contribution is 0.735. The van der Waals surface area contributed by atoms with Gasteiger partial charge in [0.05, 0.1) is 17.1 Å². The van der Waals surface area contributed by atoms with E-state index in [-0.39, 0.29) is 0 Å². The maximum absolute atomic E-state index is 4.76. The topological polar surface area (TPSA) is 25.2 Å². The third-order valence-electron chi connectivity index (χ3n) is 3.73. The quantitative estimate of drug-likeness (QED) is 0.581. The number of pyridine rings is 1. The Kier molecular flexibility index (Phi) is 6.32. The molecular formula is C19H23BrN2. The predicted molar refractivity (Wildman–Crippen MR) is 98.3 cm³/mol. The molecular weight excluding hydrogens is 336 g/mol. The zero-order valence-corrected chi connectivity index (χ0v) is 15.1. The van der Waals surface area contributed by atoms with E-state index in [9.17, 15) is 0 Å². The molecule has 1 aromatic carbocycles. The first kappa shape index (κ1) is 16.9. The van der Waals surface area contributed by atoms with E-state index in [1.165, 1.54) is 5.56 Å². The van der Waals surface area contributed by atoms with Gasteiger partial charge in [-0.3, -0.25) is 9.98 Å². The first-order chi connectivity index (χ1) is 10.6. The Bertz CT molecular complexity index is 635. The normalized spacial score (nSPS) is 12.7. The summed E-state index contributed by atoms with van der Waals surface area (Å²) in [5.74, 6) is 0.443. The Balaban J connectivity index is 2.17. The highest BCUT2D eigenvalue weighted by Gasteiger charge is 2.12. The number of hydrogen-bond donors (Lipinski definition) is 0. The fourth-order valence-corrected chi connectivity index (χ4v) is 2.84. The summed E-state index contributed by atoms with van der Waals surface area (Å²) >= 11 is 3.65. The van der Waals surface area contributed by atoms with Crippen molar-refractivity contribution in [3.8, 4) is 0 Å². The first-order valence-corrected chi connectivity index (χ1v) is 8.64. The Morgan fingerprint density at radius 2 is 2.00 bits per heavy atom.